The summed E-state index contributed by atoms with van der Waals surface area (Å²) >= 11 is 5.98. The van der Waals surface area contributed by atoms with Crippen LogP contribution >= 0.6 is 11.6 Å². The van der Waals surface area contributed by atoms with Crippen LogP contribution in [0, 0.1) is 5.92 Å². The molecule has 0 unspecified atom stereocenters. The van der Waals surface area contributed by atoms with Crippen LogP contribution in [-0.2, 0) is 6.18 Å². The summed E-state index contributed by atoms with van der Waals surface area (Å²) in [5.41, 5.74) is -1.40. The normalized spacial score (nSPS) is 18.4. The van der Waals surface area contributed by atoms with Crippen LogP contribution in [0.4, 0.5) is 33.6 Å². The first-order valence-electron chi connectivity index (χ1n) is 11.3. The molecule has 1 saturated carbocycles. The van der Waals surface area contributed by atoms with Crippen molar-refractivity contribution < 1.29 is 31.5 Å². The van der Waals surface area contributed by atoms with Crippen LogP contribution in [0.15, 0.2) is 24.3 Å². The number of pyridine rings is 1. The first-order valence-corrected chi connectivity index (χ1v) is 11.6. The number of alkyl halides is 5. The van der Waals surface area contributed by atoms with Gasteiger partial charge in [0.25, 0.3) is 12.3 Å². The molecule has 2 aromatic heterocycles. The minimum atomic E-state index is -4.68. The Morgan fingerprint density at radius 1 is 1.22 bits per heavy atom. The number of carbonyl (C=O) groups is 1. The van der Waals surface area contributed by atoms with Crippen molar-refractivity contribution in [3.63, 3.8) is 0 Å². The molecule has 4 rings (SSSR count). The van der Waals surface area contributed by atoms with Gasteiger partial charge in [0.1, 0.15) is 11.1 Å². The zero-order chi connectivity index (χ0) is 26.0. The van der Waals surface area contributed by atoms with Crippen LogP contribution in [-0.4, -0.2) is 39.9 Å². The summed E-state index contributed by atoms with van der Waals surface area (Å²) in [6.07, 6.45) is -4.02. The molecular formula is C23H23ClF5N5O2. The Bertz CT molecular complexity index is 1240. The Labute approximate surface area is 207 Å². The Hall–Kier alpha value is -3.15. The number of ether oxygens (including phenoxy) is 1. The molecule has 0 spiro atoms. The molecule has 0 atom stereocenters. The smallest absolute Gasteiger partial charge is 0.418 e. The second kappa shape index (κ2) is 10.5. The zero-order valence-electron chi connectivity index (χ0n) is 19.1. The number of aromatic nitrogens is 3. The number of aromatic amines is 1. The predicted octanol–water partition coefficient (Wildman–Crippen LogP) is 6.33. The number of imidazole rings is 1. The molecule has 0 bridgehead atoms. The lowest BCUT2D eigenvalue weighted by molar-refractivity contribution is -0.136. The highest BCUT2D eigenvalue weighted by Gasteiger charge is 2.34. The molecule has 13 heteroatoms. The van der Waals surface area contributed by atoms with E-state index in [-0.39, 0.29) is 39.6 Å². The maximum absolute atomic E-state index is 13.4. The van der Waals surface area contributed by atoms with Crippen molar-refractivity contribution in [1.82, 2.24) is 20.3 Å². The van der Waals surface area contributed by atoms with E-state index in [1.165, 1.54) is 18.2 Å². The molecule has 3 aromatic rings. The summed E-state index contributed by atoms with van der Waals surface area (Å²) in [6, 6.07) is 4.53. The number of amides is 1. The topological polar surface area (TPSA) is 91.9 Å². The Kier molecular flexibility index (Phi) is 7.53. The lowest BCUT2D eigenvalue weighted by Gasteiger charge is -2.27. The Morgan fingerprint density at radius 3 is 2.61 bits per heavy atom. The third-order valence-corrected chi connectivity index (χ3v) is 6.26. The van der Waals surface area contributed by atoms with Gasteiger partial charge >= 0.3 is 6.18 Å². The van der Waals surface area contributed by atoms with Gasteiger partial charge in [0.05, 0.1) is 16.3 Å². The third-order valence-electron chi connectivity index (χ3n) is 5.94. The third kappa shape index (κ3) is 5.97. The van der Waals surface area contributed by atoms with Crippen molar-refractivity contribution in [2.24, 2.45) is 5.92 Å². The minimum Gasteiger partial charge on any atom is -0.471 e. The number of anilines is 2. The van der Waals surface area contributed by atoms with Crippen molar-refractivity contribution in [2.75, 3.05) is 11.9 Å². The van der Waals surface area contributed by atoms with E-state index in [2.05, 4.69) is 32.5 Å². The summed E-state index contributed by atoms with van der Waals surface area (Å²) in [4.78, 5) is 23.9. The zero-order valence-corrected chi connectivity index (χ0v) is 19.8. The average molecular weight is 532 g/mol. The van der Waals surface area contributed by atoms with Crippen molar-refractivity contribution in [1.29, 1.82) is 0 Å². The molecule has 0 radical (unpaired) electrons. The predicted molar refractivity (Wildman–Crippen MR) is 124 cm³/mol. The fourth-order valence-corrected chi connectivity index (χ4v) is 4.29. The number of halogens is 6. The standard InChI is InChI=1S/C23H23ClF5N5O2/c1-11-5-7-12(8-6-11)30-20(35)13-9-16-19(33-21(13)36-10-17(25)26)34-22(31-16)32-18-14(23(27,28)29)3-2-4-15(18)24/h2-4,9,11-12,17H,5-8,10H2,1H3,(H,30,35)(H2,31,32,33,34)/t11-,12-. The van der Waals surface area contributed by atoms with Gasteiger partial charge in [-0.25, -0.2) is 13.8 Å². The Morgan fingerprint density at radius 2 is 1.94 bits per heavy atom. The number of carbonyl (C=O) groups excluding carboxylic acids is 1. The van der Waals surface area contributed by atoms with Crippen LogP contribution in [0.3, 0.4) is 0 Å². The molecule has 1 aliphatic carbocycles. The van der Waals surface area contributed by atoms with E-state index < -0.39 is 36.4 Å². The van der Waals surface area contributed by atoms with Crippen LogP contribution in [0.1, 0.15) is 48.5 Å². The molecule has 1 amide bonds. The average Bonchev–Trinajstić information content (AvgIpc) is 3.20. The molecule has 7 nitrogen and oxygen atoms in total. The summed E-state index contributed by atoms with van der Waals surface area (Å²) in [5, 5.41) is 5.20. The van der Waals surface area contributed by atoms with Crippen LogP contribution < -0.4 is 15.4 Å². The van der Waals surface area contributed by atoms with E-state index in [1.54, 1.807) is 0 Å². The van der Waals surface area contributed by atoms with Crippen molar-refractivity contribution in [3.05, 3.63) is 40.4 Å². The molecule has 3 N–H and O–H groups in total. The second-order valence-corrected chi connectivity index (χ2v) is 9.12. The van der Waals surface area contributed by atoms with Gasteiger partial charge in [-0.15, -0.1) is 0 Å². The summed E-state index contributed by atoms with van der Waals surface area (Å²) in [6.45, 7) is 1.14. The van der Waals surface area contributed by atoms with Gasteiger partial charge in [0.15, 0.2) is 12.3 Å². The molecule has 2 heterocycles. The van der Waals surface area contributed by atoms with Gasteiger partial charge < -0.3 is 20.4 Å². The van der Waals surface area contributed by atoms with Crippen LogP contribution in [0.2, 0.25) is 5.02 Å². The highest BCUT2D eigenvalue weighted by atomic mass is 35.5. The minimum absolute atomic E-state index is 0.0189. The van der Waals surface area contributed by atoms with E-state index >= 15 is 0 Å². The van der Waals surface area contributed by atoms with Gasteiger partial charge in [-0.2, -0.15) is 18.2 Å². The Balaban J connectivity index is 1.66. The van der Waals surface area contributed by atoms with Crippen LogP contribution in [0.5, 0.6) is 5.88 Å². The van der Waals surface area contributed by atoms with Gasteiger partial charge in [0.2, 0.25) is 11.8 Å². The van der Waals surface area contributed by atoms with Gasteiger partial charge in [-0.1, -0.05) is 24.6 Å². The molecular weight excluding hydrogens is 509 g/mol. The fourth-order valence-electron chi connectivity index (χ4n) is 4.07. The van der Waals surface area contributed by atoms with Gasteiger partial charge in [-0.3, -0.25) is 4.79 Å². The van der Waals surface area contributed by atoms with Crippen molar-refractivity contribution >= 4 is 40.3 Å². The van der Waals surface area contributed by atoms with Crippen molar-refractivity contribution in [3.8, 4) is 5.88 Å². The number of hydrogen-bond acceptors (Lipinski definition) is 5. The molecule has 0 aliphatic heterocycles. The monoisotopic (exact) mass is 531 g/mol. The maximum atomic E-state index is 13.4. The number of hydrogen-bond donors (Lipinski definition) is 3. The summed E-state index contributed by atoms with van der Waals surface area (Å²) in [5.74, 6) is -0.480. The number of rotatable bonds is 7. The quantitative estimate of drug-likeness (QED) is 0.310. The number of H-pyrrole nitrogens is 1. The maximum Gasteiger partial charge on any atom is 0.418 e. The second-order valence-electron chi connectivity index (χ2n) is 8.71. The SMILES string of the molecule is C[C@H]1CC[C@H](NC(=O)c2cc3nc(Nc4c(Cl)cccc4C(F)(F)F)[nH]c3nc2OCC(F)F)CC1. The summed E-state index contributed by atoms with van der Waals surface area (Å²) < 4.78 is 71.0. The molecule has 194 valence electrons. The molecule has 1 fully saturated rings. The van der Waals surface area contributed by atoms with E-state index in [0.29, 0.717) is 5.92 Å². The van der Waals surface area contributed by atoms with Gasteiger partial charge in [0, 0.05) is 6.04 Å². The number of benzene rings is 1. The molecule has 1 aromatic carbocycles. The number of nitrogens with one attached hydrogen (secondary N) is 3. The number of fused-ring (bicyclic) bond motifs is 1. The molecule has 0 saturated heterocycles. The van der Waals surface area contributed by atoms with Crippen molar-refractivity contribution in [2.45, 2.75) is 51.3 Å². The molecule has 36 heavy (non-hydrogen) atoms. The van der Waals surface area contributed by atoms with Crippen LogP contribution in [0.25, 0.3) is 11.2 Å². The number of nitrogens with zero attached hydrogens (tertiary/aromatic N) is 2. The lowest BCUT2D eigenvalue weighted by atomic mass is 9.87. The van der Waals surface area contributed by atoms with E-state index in [1.807, 2.05) is 0 Å². The first-order chi connectivity index (χ1) is 17.0. The van der Waals surface area contributed by atoms with E-state index in [4.69, 9.17) is 16.3 Å². The van der Waals surface area contributed by atoms with E-state index in [0.717, 1.165) is 31.7 Å². The summed E-state index contributed by atoms with van der Waals surface area (Å²) in [7, 11) is 0. The lowest BCUT2D eigenvalue weighted by Crippen LogP contribution is -2.37. The highest BCUT2D eigenvalue weighted by Crippen LogP contribution is 2.39. The first kappa shape index (κ1) is 25.9. The fraction of sp³-hybridized carbons (Fsp3) is 0.435. The number of para-hydroxylation sites is 1. The van der Waals surface area contributed by atoms with Gasteiger partial charge in [-0.05, 0) is 49.8 Å². The van der Waals surface area contributed by atoms with E-state index in [9.17, 15) is 26.7 Å². The largest absolute Gasteiger partial charge is 0.471 e. The molecule has 1 aliphatic rings. The highest BCUT2D eigenvalue weighted by molar-refractivity contribution is 6.33.